The average Bonchev–Trinajstić information content (AvgIpc) is 2.17. The quantitative estimate of drug-likeness (QED) is 0.796. The molecular weight excluding hydrogens is 206 g/mol. The van der Waals surface area contributed by atoms with Gasteiger partial charge in [0.1, 0.15) is 11.3 Å². The zero-order valence-electron chi connectivity index (χ0n) is 9.51. The molecule has 16 heavy (non-hydrogen) atoms. The largest absolute Gasteiger partial charge is 0.491 e. The molecule has 0 saturated heterocycles. The lowest BCUT2D eigenvalue weighted by atomic mass is 9.96. The zero-order valence-corrected chi connectivity index (χ0v) is 9.51. The van der Waals surface area contributed by atoms with Crippen molar-refractivity contribution in [2.75, 3.05) is 0 Å². The number of aliphatic carboxylic acids is 1. The van der Waals surface area contributed by atoms with E-state index >= 15 is 0 Å². The Morgan fingerprint density at radius 2 is 2.06 bits per heavy atom. The molecule has 0 bridgehead atoms. The molecule has 3 N–H and O–H groups in total. The van der Waals surface area contributed by atoms with Gasteiger partial charge in [0.25, 0.3) is 0 Å². The minimum absolute atomic E-state index is 0.242. The minimum atomic E-state index is -1.26. The summed E-state index contributed by atoms with van der Waals surface area (Å²) in [5.41, 5.74) is 4.38. The zero-order chi connectivity index (χ0) is 12.2. The van der Waals surface area contributed by atoms with Gasteiger partial charge >= 0.3 is 5.97 Å². The highest BCUT2D eigenvalue weighted by Gasteiger charge is 2.30. The van der Waals surface area contributed by atoms with Crippen LogP contribution in [0.3, 0.4) is 0 Å². The molecule has 0 aliphatic heterocycles. The number of para-hydroxylation sites is 1. The second kappa shape index (κ2) is 4.99. The lowest BCUT2D eigenvalue weighted by Crippen LogP contribution is -2.47. The smallest absolute Gasteiger partial charge is 0.323 e. The van der Waals surface area contributed by atoms with E-state index in [4.69, 9.17) is 15.6 Å². The van der Waals surface area contributed by atoms with Crippen LogP contribution >= 0.6 is 0 Å². The molecule has 0 amide bonds. The standard InChI is InChI=1S/C12H17NO3/c1-9(8-12(2,13)11(14)15)16-10-6-4-3-5-7-10/h3-7,9H,8,13H2,1-2H3,(H,14,15). The fourth-order valence-corrected chi connectivity index (χ4v) is 1.46. The van der Waals surface area contributed by atoms with Gasteiger partial charge in [-0.2, -0.15) is 0 Å². The molecule has 1 aromatic rings. The summed E-state index contributed by atoms with van der Waals surface area (Å²) < 4.78 is 5.56. The summed E-state index contributed by atoms with van der Waals surface area (Å²) in [4.78, 5) is 10.8. The Balaban J connectivity index is 2.54. The fraction of sp³-hybridized carbons (Fsp3) is 0.417. The number of carboxylic acid groups (broad SMARTS) is 1. The second-order valence-electron chi connectivity index (χ2n) is 4.17. The number of benzene rings is 1. The Kier molecular flexibility index (Phi) is 3.90. The van der Waals surface area contributed by atoms with E-state index in [9.17, 15) is 4.79 Å². The number of nitrogens with two attached hydrogens (primary N) is 1. The predicted octanol–water partition coefficient (Wildman–Crippen LogP) is 1.65. The molecule has 4 nitrogen and oxygen atoms in total. The van der Waals surface area contributed by atoms with E-state index in [0.717, 1.165) is 5.75 Å². The van der Waals surface area contributed by atoms with Gasteiger partial charge in [-0.25, -0.2) is 0 Å². The summed E-state index contributed by atoms with van der Waals surface area (Å²) in [7, 11) is 0. The molecule has 88 valence electrons. The van der Waals surface area contributed by atoms with Crippen LogP contribution in [0.5, 0.6) is 5.75 Å². The van der Waals surface area contributed by atoms with Gasteiger partial charge in [0, 0.05) is 6.42 Å². The topological polar surface area (TPSA) is 72.6 Å². The van der Waals surface area contributed by atoms with Crippen molar-refractivity contribution in [1.29, 1.82) is 0 Å². The molecule has 0 spiro atoms. The molecule has 0 saturated carbocycles. The van der Waals surface area contributed by atoms with E-state index in [0.29, 0.717) is 0 Å². The van der Waals surface area contributed by atoms with E-state index in [2.05, 4.69) is 0 Å². The number of hydrogen-bond donors (Lipinski definition) is 2. The first kappa shape index (κ1) is 12.5. The Morgan fingerprint density at radius 3 is 2.56 bits per heavy atom. The highest BCUT2D eigenvalue weighted by molar-refractivity contribution is 5.77. The van der Waals surface area contributed by atoms with Gasteiger partial charge in [0.15, 0.2) is 0 Å². The van der Waals surface area contributed by atoms with Crippen molar-refractivity contribution in [3.8, 4) is 5.75 Å². The average molecular weight is 223 g/mol. The normalized spacial score (nSPS) is 16.2. The number of ether oxygens (including phenoxy) is 1. The van der Waals surface area contributed by atoms with Crippen molar-refractivity contribution in [2.45, 2.75) is 31.9 Å². The lowest BCUT2D eigenvalue weighted by Gasteiger charge is -2.24. The SMILES string of the molecule is CC(CC(C)(N)C(=O)O)Oc1ccccc1. The van der Waals surface area contributed by atoms with Crippen LogP contribution in [0.1, 0.15) is 20.3 Å². The number of hydrogen-bond acceptors (Lipinski definition) is 3. The molecular formula is C12H17NO3. The summed E-state index contributed by atoms with van der Waals surface area (Å²) in [5.74, 6) is -0.299. The van der Waals surface area contributed by atoms with E-state index in [1.54, 1.807) is 6.92 Å². The molecule has 0 aliphatic rings. The van der Waals surface area contributed by atoms with Gasteiger partial charge in [-0.15, -0.1) is 0 Å². The van der Waals surface area contributed by atoms with Crippen molar-refractivity contribution in [2.24, 2.45) is 5.73 Å². The van der Waals surface area contributed by atoms with Gasteiger partial charge in [-0.1, -0.05) is 18.2 Å². The first-order valence-electron chi connectivity index (χ1n) is 5.16. The maximum atomic E-state index is 10.8. The molecule has 0 aromatic heterocycles. The van der Waals surface area contributed by atoms with Crippen LogP contribution in [0.25, 0.3) is 0 Å². The van der Waals surface area contributed by atoms with Crippen LogP contribution in [0, 0.1) is 0 Å². The van der Waals surface area contributed by atoms with Gasteiger partial charge in [-0.05, 0) is 26.0 Å². The van der Waals surface area contributed by atoms with Gasteiger partial charge in [-0.3, -0.25) is 4.79 Å². The van der Waals surface area contributed by atoms with E-state index in [-0.39, 0.29) is 12.5 Å². The number of carbonyl (C=O) groups is 1. The molecule has 0 aliphatic carbocycles. The summed E-state index contributed by atoms with van der Waals surface area (Å²) in [5, 5.41) is 8.88. The Labute approximate surface area is 95.0 Å². The van der Waals surface area contributed by atoms with Crippen LogP contribution in [0.4, 0.5) is 0 Å². The van der Waals surface area contributed by atoms with E-state index in [1.807, 2.05) is 30.3 Å². The van der Waals surface area contributed by atoms with Gasteiger partial charge in [0.2, 0.25) is 0 Å². The van der Waals surface area contributed by atoms with Crippen molar-refractivity contribution >= 4 is 5.97 Å². The third kappa shape index (κ3) is 3.55. The maximum absolute atomic E-state index is 10.8. The molecule has 1 aromatic carbocycles. The minimum Gasteiger partial charge on any atom is -0.491 e. The van der Waals surface area contributed by atoms with Crippen LogP contribution < -0.4 is 10.5 Å². The Hall–Kier alpha value is -1.55. The molecule has 2 unspecified atom stereocenters. The van der Waals surface area contributed by atoms with E-state index < -0.39 is 11.5 Å². The van der Waals surface area contributed by atoms with Crippen LogP contribution in [-0.4, -0.2) is 22.7 Å². The fourth-order valence-electron chi connectivity index (χ4n) is 1.46. The van der Waals surface area contributed by atoms with Gasteiger partial charge < -0.3 is 15.6 Å². The second-order valence-corrected chi connectivity index (χ2v) is 4.17. The predicted molar refractivity (Wildman–Crippen MR) is 61.4 cm³/mol. The molecule has 0 radical (unpaired) electrons. The third-order valence-electron chi connectivity index (χ3n) is 2.28. The maximum Gasteiger partial charge on any atom is 0.323 e. The highest BCUT2D eigenvalue weighted by Crippen LogP contribution is 2.16. The molecule has 0 fully saturated rings. The van der Waals surface area contributed by atoms with Crippen molar-refractivity contribution < 1.29 is 14.6 Å². The molecule has 1 rings (SSSR count). The molecule has 4 heteroatoms. The first-order chi connectivity index (χ1) is 7.42. The van der Waals surface area contributed by atoms with Crippen molar-refractivity contribution in [3.05, 3.63) is 30.3 Å². The summed E-state index contributed by atoms with van der Waals surface area (Å²) in [6.45, 7) is 3.29. The van der Waals surface area contributed by atoms with Crippen molar-refractivity contribution in [3.63, 3.8) is 0 Å². The van der Waals surface area contributed by atoms with Gasteiger partial charge in [0.05, 0.1) is 6.10 Å². The van der Waals surface area contributed by atoms with Crippen LogP contribution in [0.15, 0.2) is 30.3 Å². The first-order valence-corrected chi connectivity index (χ1v) is 5.16. The highest BCUT2D eigenvalue weighted by atomic mass is 16.5. The number of carboxylic acids is 1. The molecule has 0 heterocycles. The molecule has 2 atom stereocenters. The van der Waals surface area contributed by atoms with Crippen LogP contribution in [0.2, 0.25) is 0 Å². The van der Waals surface area contributed by atoms with E-state index in [1.165, 1.54) is 6.92 Å². The Morgan fingerprint density at radius 1 is 1.50 bits per heavy atom. The number of rotatable bonds is 5. The van der Waals surface area contributed by atoms with Crippen LogP contribution in [-0.2, 0) is 4.79 Å². The Bertz CT molecular complexity index is 349. The monoisotopic (exact) mass is 223 g/mol. The third-order valence-corrected chi connectivity index (χ3v) is 2.28. The van der Waals surface area contributed by atoms with Crippen molar-refractivity contribution in [1.82, 2.24) is 0 Å². The lowest BCUT2D eigenvalue weighted by molar-refractivity contribution is -0.143. The summed E-state index contributed by atoms with van der Waals surface area (Å²) in [6, 6.07) is 9.26. The summed E-state index contributed by atoms with van der Waals surface area (Å²) >= 11 is 0. The summed E-state index contributed by atoms with van der Waals surface area (Å²) in [6.07, 6.45) is 0.0190.